The quantitative estimate of drug-likeness (QED) is 0.822. The molecule has 0 saturated heterocycles. The number of aliphatic hydroxyl groups is 1. The van der Waals surface area contributed by atoms with Crippen LogP contribution in [0.25, 0.3) is 5.65 Å². The lowest BCUT2D eigenvalue weighted by Crippen LogP contribution is -2.33. The molecule has 2 heterocycles. The highest BCUT2D eigenvalue weighted by atomic mass is 16.3. The molecule has 5 nitrogen and oxygen atoms in total. The number of hydrogen-bond donors (Lipinski definition) is 2. The Bertz CT molecular complexity index is 521. The van der Waals surface area contributed by atoms with E-state index in [1.54, 1.807) is 24.5 Å². The number of carbonyl (C=O) groups is 1. The van der Waals surface area contributed by atoms with Gasteiger partial charge in [-0.3, -0.25) is 4.79 Å². The van der Waals surface area contributed by atoms with Gasteiger partial charge in [0.15, 0.2) is 0 Å². The zero-order valence-corrected chi connectivity index (χ0v) is 9.63. The second kappa shape index (κ2) is 4.97. The van der Waals surface area contributed by atoms with Crippen LogP contribution in [-0.4, -0.2) is 33.0 Å². The van der Waals surface area contributed by atoms with Gasteiger partial charge in [0.2, 0.25) is 0 Å². The summed E-state index contributed by atoms with van der Waals surface area (Å²) in [5.41, 5.74) is 1.32. The van der Waals surface area contributed by atoms with Gasteiger partial charge in [-0.05, 0) is 25.5 Å². The predicted molar refractivity (Wildman–Crippen MR) is 63.8 cm³/mol. The van der Waals surface area contributed by atoms with Gasteiger partial charge in [-0.1, -0.05) is 0 Å². The molecular weight excluding hydrogens is 218 g/mol. The Labute approximate surface area is 99.1 Å². The van der Waals surface area contributed by atoms with Gasteiger partial charge < -0.3 is 14.8 Å². The number of carbonyl (C=O) groups excluding carboxylic acids is 1. The van der Waals surface area contributed by atoms with Gasteiger partial charge in [-0.25, -0.2) is 4.98 Å². The van der Waals surface area contributed by atoms with Gasteiger partial charge >= 0.3 is 0 Å². The Hall–Kier alpha value is -1.88. The summed E-state index contributed by atoms with van der Waals surface area (Å²) in [5, 5.41) is 11.6. The molecule has 2 aromatic heterocycles. The molecule has 0 radical (unpaired) electrons. The Balaban J connectivity index is 2.13. The number of aliphatic hydroxyl groups excluding tert-OH is 1. The third-order valence-corrected chi connectivity index (χ3v) is 2.60. The molecule has 2 N–H and O–H groups in total. The maximum absolute atomic E-state index is 11.9. The lowest BCUT2D eigenvalue weighted by atomic mass is 10.2. The number of pyridine rings is 1. The van der Waals surface area contributed by atoms with Crippen LogP contribution in [0.5, 0.6) is 0 Å². The summed E-state index contributed by atoms with van der Waals surface area (Å²) in [5.74, 6) is -0.142. The zero-order valence-electron chi connectivity index (χ0n) is 9.63. The van der Waals surface area contributed by atoms with E-state index in [-0.39, 0.29) is 18.6 Å². The molecular formula is C12H15N3O2. The summed E-state index contributed by atoms with van der Waals surface area (Å²) in [6.07, 6.45) is 5.86. The Morgan fingerprint density at radius 3 is 3.18 bits per heavy atom. The van der Waals surface area contributed by atoms with E-state index in [0.29, 0.717) is 12.0 Å². The van der Waals surface area contributed by atoms with E-state index in [9.17, 15) is 4.79 Å². The molecule has 0 aliphatic carbocycles. The largest absolute Gasteiger partial charge is 0.396 e. The Kier molecular flexibility index (Phi) is 3.39. The van der Waals surface area contributed by atoms with Gasteiger partial charge in [-0.15, -0.1) is 0 Å². The Morgan fingerprint density at radius 2 is 2.41 bits per heavy atom. The third kappa shape index (κ3) is 2.62. The molecule has 0 bridgehead atoms. The van der Waals surface area contributed by atoms with E-state index >= 15 is 0 Å². The smallest absolute Gasteiger partial charge is 0.251 e. The second-order valence-corrected chi connectivity index (χ2v) is 3.99. The first-order valence-corrected chi connectivity index (χ1v) is 5.55. The molecule has 1 atom stereocenters. The van der Waals surface area contributed by atoms with Crippen molar-refractivity contribution in [3.8, 4) is 0 Å². The molecule has 2 aromatic rings. The summed E-state index contributed by atoms with van der Waals surface area (Å²) in [4.78, 5) is 16.0. The topological polar surface area (TPSA) is 66.6 Å². The molecule has 5 heteroatoms. The summed E-state index contributed by atoms with van der Waals surface area (Å²) < 4.78 is 1.84. The van der Waals surface area contributed by atoms with Crippen molar-refractivity contribution in [2.45, 2.75) is 19.4 Å². The first kappa shape index (κ1) is 11.6. The van der Waals surface area contributed by atoms with Crippen LogP contribution in [0.15, 0.2) is 30.7 Å². The average molecular weight is 233 g/mol. The van der Waals surface area contributed by atoms with Crippen molar-refractivity contribution in [3.05, 3.63) is 36.3 Å². The monoisotopic (exact) mass is 233 g/mol. The van der Waals surface area contributed by atoms with Crippen LogP contribution < -0.4 is 5.32 Å². The van der Waals surface area contributed by atoms with E-state index < -0.39 is 0 Å². The highest BCUT2D eigenvalue weighted by molar-refractivity contribution is 5.95. The van der Waals surface area contributed by atoms with Crippen LogP contribution in [0.3, 0.4) is 0 Å². The fourth-order valence-electron chi connectivity index (χ4n) is 1.62. The molecule has 17 heavy (non-hydrogen) atoms. The van der Waals surface area contributed by atoms with Gasteiger partial charge in [0, 0.05) is 36.8 Å². The first-order valence-electron chi connectivity index (χ1n) is 5.55. The van der Waals surface area contributed by atoms with Crippen molar-refractivity contribution >= 4 is 11.6 Å². The van der Waals surface area contributed by atoms with Gasteiger partial charge in [0.25, 0.3) is 5.91 Å². The molecule has 1 unspecified atom stereocenters. The predicted octanol–water partition coefficient (Wildman–Crippen LogP) is 0.835. The van der Waals surface area contributed by atoms with E-state index in [1.807, 2.05) is 17.5 Å². The van der Waals surface area contributed by atoms with Crippen molar-refractivity contribution in [2.75, 3.05) is 6.61 Å². The number of amides is 1. The highest BCUT2D eigenvalue weighted by Gasteiger charge is 2.10. The minimum absolute atomic E-state index is 0.0385. The zero-order chi connectivity index (χ0) is 12.3. The van der Waals surface area contributed by atoms with E-state index in [0.717, 1.165) is 5.65 Å². The molecule has 2 rings (SSSR count). The lowest BCUT2D eigenvalue weighted by molar-refractivity contribution is 0.0934. The number of aromatic nitrogens is 2. The maximum atomic E-state index is 11.9. The number of nitrogens with zero attached hydrogens (tertiary/aromatic N) is 2. The third-order valence-electron chi connectivity index (χ3n) is 2.60. The van der Waals surface area contributed by atoms with Crippen LogP contribution in [-0.2, 0) is 0 Å². The fourth-order valence-corrected chi connectivity index (χ4v) is 1.62. The van der Waals surface area contributed by atoms with E-state index in [2.05, 4.69) is 10.3 Å². The fraction of sp³-hybridized carbons (Fsp3) is 0.333. The average Bonchev–Trinajstić information content (AvgIpc) is 2.75. The van der Waals surface area contributed by atoms with E-state index in [4.69, 9.17) is 5.11 Å². The van der Waals surface area contributed by atoms with Crippen molar-refractivity contribution in [2.24, 2.45) is 0 Å². The van der Waals surface area contributed by atoms with Crippen LogP contribution in [0.4, 0.5) is 0 Å². The Morgan fingerprint density at radius 1 is 1.59 bits per heavy atom. The van der Waals surface area contributed by atoms with Crippen LogP contribution in [0, 0.1) is 0 Å². The number of imidazole rings is 1. The summed E-state index contributed by atoms with van der Waals surface area (Å²) in [6, 6.07) is 3.44. The molecule has 0 fully saturated rings. The lowest BCUT2D eigenvalue weighted by Gasteiger charge is -2.12. The molecule has 0 spiro atoms. The number of hydrogen-bond acceptors (Lipinski definition) is 3. The van der Waals surface area contributed by atoms with Gasteiger partial charge in [0.1, 0.15) is 5.65 Å². The molecule has 1 amide bonds. The number of fused-ring (bicyclic) bond motifs is 1. The van der Waals surface area contributed by atoms with Crippen LogP contribution >= 0.6 is 0 Å². The van der Waals surface area contributed by atoms with Crippen LogP contribution in [0.1, 0.15) is 23.7 Å². The van der Waals surface area contributed by atoms with E-state index in [1.165, 1.54) is 0 Å². The minimum atomic E-state index is -0.142. The molecule has 90 valence electrons. The van der Waals surface area contributed by atoms with Crippen molar-refractivity contribution < 1.29 is 9.90 Å². The molecule has 0 saturated carbocycles. The number of rotatable bonds is 4. The second-order valence-electron chi connectivity index (χ2n) is 3.99. The minimum Gasteiger partial charge on any atom is -0.396 e. The SMILES string of the molecule is CC(CCO)NC(=O)c1ccn2ccnc2c1. The summed E-state index contributed by atoms with van der Waals surface area (Å²) in [7, 11) is 0. The molecule has 0 aliphatic heterocycles. The summed E-state index contributed by atoms with van der Waals surface area (Å²) >= 11 is 0. The maximum Gasteiger partial charge on any atom is 0.251 e. The van der Waals surface area contributed by atoms with Crippen LogP contribution in [0.2, 0.25) is 0 Å². The molecule has 0 aliphatic rings. The normalized spacial score (nSPS) is 12.6. The number of nitrogens with one attached hydrogen (secondary N) is 1. The van der Waals surface area contributed by atoms with Crippen molar-refractivity contribution in [3.63, 3.8) is 0 Å². The highest BCUT2D eigenvalue weighted by Crippen LogP contribution is 2.06. The first-order chi connectivity index (χ1) is 8.20. The molecule has 0 aromatic carbocycles. The summed E-state index contributed by atoms with van der Waals surface area (Å²) in [6.45, 7) is 1.93. The van der Waals surface area contributed by atoms with Gasteiger partial charge in [0.05, 0.1) is 0 Å². The van der Waals surface area contributed by atoms with Crippen molar-refractivity contribution in [1.82, 2.24) is 14.7 Å². The standard InChI is InChI=1S/C12H15N3O2/c1-9(3-7-16)14-12(17)10-2-5-15-6-4-13-11(15)8-10/h2,4-6,8-9,16H,3,7H2,1H3,(H,14,17). The van der Waals surface area contributed by atoms with Gasteiger partial charge in [-0.2, -0.15) is 0 Å². The van der Waals surface area contributed by atoms with Crippen molar-refractivity contribution in [1.29, 1.82) is 0 Å².